The van der Waals surface area contributed by atoms with E-state index >= 15 is 0 Å². The minimum atomic E-state index is -3.03. The van der Waals surface area contributed by atoms with Crippen molar-refractivity contribution < 1.29 is 13.2 Å². The van der Waals surface area contributed by atoms with Crippen LogP contribution in [0.3, 0.4) is 0 Å². The molecule has 0 aliphatic carbocycles. The number of nitrogens with one attached hydrogen (secondary N) is 1. The Morgan fingerprint density at radius 1 is 1.04 bits per heavy atom. The molecule has 0 spiro atoms. The number of amides is 2. The Bertz CT molecular complexity index is 783. The van der Waals surface area contributed by atoms with E-state index in [0.29, 0.717) is 6.42 Å². The Hall–Kier alpha value is -2.34. The number of rotatable bonds is 4. The molecule has 0 saturated carbocycles. The number of urea groups is 1. The summed E-state index contributed by atoms with van der Waals surface area (Å²) < 4.78 is 23.3. The van der Waals surface area contributed by atoms with E-state index < -0.39 is 9.84 Å². The highest BCUT2D eigenvalue weighted by atomic mass is 32.2. The van der Waals surface area contributed by atoms with E-state index in [1.807, 2.05) is 60.7 Å². The van der Waals surface area contributed by atoms with Crippen LogP contribution < -0.4 is 5.32 Å². The van der Waals surface area contributed by atoms with Gasteiger partial charge in [0.05, 0.1) is 17.5 Å². The number of hydrogen-bond acceptors (Lipinski definition) is 3. The van der Waals surface area contributed by atoms with E-state index in [1.165, 1.54) is 4.90 Å². The zero-order valence-corrected chi connectivity index (χ0v) is 14.9. The van der Waals surface area contributed by atoms with Crippen LogP contribution in [-0.2, 0) is 9.84 Å². The van der Waals surface area contributed by atoms with Crippen LogP contribution in [0.15, 0.2) is 60.7 Å². The molecule has 0 aromatic heterocycles. The first-order valence-electron chi connectivity index (χ1n) is 8.30. The second-order valence-corrected chi connectivity index (χ2v) is 8.60. The van der Waals surface area contributed by atoms with E-state index in [9.17, 15) is 13.2 Å². The van der Waals surface area contributed by atoms with Gasteiger partial charge in [-0.1, -0.05) is 60.7 Å². The molecule has 1 aliphatic rings. The zero-order valence-electron chi connectivity index (χ0n) is 14.1. The number of benzene rings is 2. The van der Waals surface area contributed by atoms with Gasteiger partial charge in [0, 0.05) is 13.1 Å². The minimum absolute atomic E-state index is 0.0399. The fraction of sp³-hybridized carbons (Fsp3) is 0.316. The Kier molecular flexibility index (Phi) is 5.08. The van der Waals surface area contributed by atoms with E-state index in [0.717, 1.165) is 11.1 Å². The molecule has 0 radical (unpaired) electrons. The van der Waals surface area contributed by atoms with Gasteiger partial charge in [0.1, 0.15) is 0 Å². The average molecular weight is 358 g/mol. The summed E-state index contributed by atoms with van der Waals surface area (Å²) in [5.74, 6) is 0.189. The van der Waals surface area contributed by atoms with Gasteiger partial charge in [0.2, 0.25) is 0 Å². The molecule has 1 fully saturated rings. The normalized spacial score (nSPS) is 18.9. The van der Waals surface area contributed by atoms with Crippen LogP contribution in [0.1, 0.15) is 23.6 Å². The lowest BCUT2D eigenvalue weighted by atomic mass is 9.99. The highest BCUT2D eigenvalue weighted by molar-refractivity contribution is 7.91. The third kappa shape index (κ3) is 4.20. The van der Waals surface area contributed by atoms with Gasteiger partial charge >= 0.3 is 6.03 Å². The van der Waals surface area contributed by atoms with Crippen molar-refractivity contribution in [3.63, 3.8) is 0 Å². The molecule has 1 aliphatic heterocycles. The second-order valence-electron chi connectivity index (χ2n) is 6.37. The van der Waals surface area contributed by atoms with Crippen molar-refractivity contribution >= 4 is 15.9 Å². The first kappa shape index (κ1) is 17.5. The molecular weight excluding hydrogens is 336 g/mol. The molecule has 5 nitrogen and oxygen atoms in total. The fourth-order valence-electron chi connectivity index (χ4n) is 3.12. The lowest BCUT2D eigenvalue weighted by Crippen LogP contribution is -2.45. The smallest absolute Gasteiger partial charge is 0.318 e. The summed E-state index contributed by atoms with van der Waals surface area (Å²) in [5.41, 5.74) is 1.96. The highest BCUT2D eigenvalue weighted by Gasteiger charge is 2.33. The van der Waals surface area contributed by atoms with Crippen molar-refractivity contribution in [1.29, 1.82) is 0 Å². The number of carbonyl (C=O) groups excluding carboxylic acids is 1. The molecule has 2 amide bonds. The number of sulfone groups is 1. The molecule has 1 saturated heterocycles. The van der Waals surface area contributed by atoms with E-state index in [1.54, 1.807) is 7.05 Å². The van der Waals surface area contributed by atoms with E-state index in [2.05, 4.69) is 5.32 Å². The monoisotopic (exact) mass is 358 g/mol. The van der Waals surface area contributed by atoms with Crippen LogP contribution in [0.5, 0.6) is 0 Å². The molecule has 6 heteroatoms. The molecule has 2 aromatic rings. The van der Waals surface area contributed by atoms with Gasteiger partial charge in [-0.25, -0.2) is 13.2 Å². The third-order valence-corrected chi connectivity index (χ3v) is 6.36. The van der Waals surface area contributed by atoms with Crippen LogP contribution in [-0.4, -0.2) is 43.9 Å². The Labute approximate surface area is 148 Å². The van der Waals surface area contributed by atoms with Crippen molar-refractivity contribution in [2.24, 2.45) is 0 Å². The van der Waals surface area contributed by atoms with Gasteiger partial charge in [0.15, 0.2) is 9.84 Å². The van der Waals surface area contributed by atoms with Gasteiger partial charge in [-0.2, -0.15) is 0 Å². The summed E-state index contributed by atoms with van der Waals surface area (Å²) >= 11 is 0. The Morgan fingerprint density at radius 3 is 2.00 bits per heavy atom. The predicted molar refractivity (Wildman–Crippen MR) is 98.1 cm³/mol. The van der Waals surface area contributed by atoms with Crippen molar-refractivity contribution in [3.8, 4) is 0 Å². The molecule has 2 aromatic carbocycles. The molecule has 132 valence electrons. The van der Waals surface area contributed by atoms with E-state index in [-0.39, 0.29) is 29.6 Å². The van der Waals surface area contributed by atoms with Gasteiger partial charge in [-0.3, -0.25) is 0 Å². The summed E-state index contributed by atoms with van der Waals surface area (Å²) in [6, 6.07) is 18.7. The van der Waals surface area contributed by atoms with Crippen molar-refractivity contribution in [3.05, 3.63) is 71.8 Å². The summed E-state index contributed by atoms with van der Waals surface area (Å²) in [6.45, 7) is 0. The number of carbonyl (C=O) groups is 1. The molecule has 1 unspecified atom stereocenters. The Balaban J connectivity index is 1.80. The molecule has 1 atom stereocenters. The summed E-state index contributed by atoms with van der Waals surface area (Å²) in [7, 11) is -1.37. The van der Waals surface area contributed by atoms with Crippen LogP contribution in [0, 0.1) is 0 Å². The van der Waals surface area contributed by atoms with Crippen molar-refractivity contribution in [1.82, 2.24) is 10.2 Å². The summed E-state index contributed by atoms with van der Waals surface area (Å²) in [4.78, 5) is 14.2. The fourth-order valence-corrected chi connectivity index (χ4v) is 4.90. The van der Waals surface area contributed by atoms with Crippen molar-refractivity contribution in [2.45, 2.75) is 18.5 Å². The van der Waals surface area contributed by atoms with Crippen LogP contribution >= 0.6 is 0 Å². The summed E-state index contributed by atoms with van der Waals surface area (Å²) in [6.07, 6.45) is 0.494. The average Bonchev–Trinajstić information content (AvgIpc) is 3.00. The third-order valence-electron chi connectivity index (χ3n) is 4.61. The quantitative estimate of drug-likeness (QED) is 0.914. The first-order chi connectivity index (χ1) is 12.0. The van der Waals surface area contributed by atoms with Crippen LogP contribution in [0.25, 0.3) is 0 Å². The standard InChI is InChI=1S/C19H22N2O3S/c1-21(17-12-13-25(23,24)14-17)19(22)20-18(15-8-4-2-5-9-15)16-10-6-3-7-11-16/h2-11,17-18H,12-14H2,1H3,(H,20,22). The van der Waals surface area contributed by atoms with Gasteiger partial charge < -0.3 is 10.2 Å². The highest BCUT2D eigenvalue weighted by Crippen LogP contribution is 2.23. The topological polar surface area (TPSA) is 66.5 Å². The second kappa shape index (κ2) is 7.27. The maximum atomic E-state index is 12.7. The molecule has 25 heavy (non-hydrogen) atoms. The largest absolute Gasteiger partial charge is 0.327 e. The SMILES string of the molecule is CN(C(=O)NC(c1ccccc1)c1ccccc1)C1CCS(=O)(=O)C1. The predicted octanol–water partition coefficient (Wildman–Crippen LogP) is 2.60. The number of nitrogens with zero attached hydrogens (tertiary/aromatic N) is 1. The molecule has 1 heterocycles. The maximum Gasteiger partial charge on any atom is 0.318 e. The molecular formula is C19H22N2O3S. The Morgan fingerprint density at radius 2 is 1.56 bits per heavy atom. The van der Waals surface area contributed by atoms with Gasteiger partial charge in [-0.15, -0.1) is 0 Å². The first-order valence-corrected chi connectivity index (χ1v) is 10.1. The molecule has 0 bridgehead atoms. The van der Waals surface area contributed by atoms with E-state index in [4.69, 9.17) is 0 Å². The molecule has 3 rings (SSSR count). The summed E-state index contributed by atoms with van der Waals surface area (Å²) in [5, 5.41) is 3.05. The number of hydrogen-bond donors (Lipinski definition) is 1. The lowest BCUT2D eigenvalue weighted by Gasteiger charge is -2.27. The van der Waals surface area contributed by atoms with Gasteiger partial charge in [-0.05, 0) is 17.5 Å². The maximum absolute atomic E-state index is 12.7. The minimum Gasteiger partial charge on any atom is -0.327 e. The van der Waals surface area contributed by atoms with Gasteiger partial charge in [0.25, 0.3) is 0 Å². The van der Waals surface area contributed by atoms with Crippen LogP contribution in [0.2, 0.25) is 0 Å². The zero-order chi connectivity index (χ0) is 17.9. The van der Waals surface area contributed by atoms with Crippen LogP contribution in [0.4, 0.5) is 4.79 Å². The molecule has 1 N–H and O–H groups in total. The lowest BCUT2D eigenvalue weighted by molar-refractivity contribution is 0.192. The van der Waals surface area contributed by atoms with Crippen molar-refractivity contribution in [2.75, 3.05) is 18.6 Å².